The van der Waals surface area contributed by atoms with Crippen LogP contribution in [0, 0.1) is 17.0 Å². The molecule has 0 heterocycles. The molecule has 2 rings (SSSR count). The van der Waals surface area contributed by atoms with Gasteiger partial charge >= 0.3 is 5.97 Å². The third kappa shape index (κ3) is 3.69. The molecular weight excluding hydrogens is 336 g/mol. The molecule has 9 heteroatoms. The summed E-state index contributed by atoms with van der Waals surface area (Å²) in [6.07, 6.45) is 0. The molecule has 1 N–H and O–H groups in total. The van der Waals surface area contributed by atoms with Gasteiger partial charge in [0.15, 0.2) is 0 Å². The molecule has 0 fully saturated rings. The van der Waals surface area contributed by atoms with Crippen molar-refractivity contribution in [3.8, 4) is 0 Å². The molecule has 0 aliphatic carbocycles. The van der Waals surface area contributed by atoms with E-state index in [9.17, 15) is 23.3 Å². The Hall–Kier alpha value is -2.94. The second kappa shape index (κ2) is 6.67. The van der Waals surface area contributed by atoms with Crippen molar-refractivity contribution < 1.29 is 22.9 Å². The molecule has 0 aliphatic heterocycles. The summed E-state index contributed by atoms with van der Waals surface area (Å²) in [5.41, 5.74) is 0.376. The van der Waals surface area contributed by atoms with Gasteiger partial charge in [0.25, 0.3) is 15.7 Å². The van der Waals surface area contributed by atoms with Crippen molar-refractivity contribution in [2.45, 2.75) is 11.8 Å². The number of nitro groups is 1. The minimum Gasteiger partial charge on any atom is -0.465 e. The van der Waals surface area contributed by atoms with Gasteiger partial charge in [-0.15, -0.1) is 0 Å². The summed E-state index contributed by atoms with van der Waals surface area (Å²) in [4.78, 5) is 21.5. The lowest BCUT2D eigenvalue weighted by molar-refractivity contribution is -0.385. The van der Waals surface area contributed by atoms with Crippen LogP contribution in [0.25, 0.3) is 0 Å². The number of methoxy groups -OCH3 is 1. The summed E-state index contributed by atoms with van der Waals surface area (Å²) >= 11 is 0. The first-order chi connectivity index (χ1) is 11.2. The van der Waals surface area contributed by atoms with Crippen LogP contribution < -0.4 is 4.72 Å². The number of anilines is 1. The molecule has 0 saturated carbocycles. The van der Waals surface area contributed by atoms with E-state index in [4.69, 9.17) is 0 Å². The molecular formula is C15H14N2O6S. The summed E-state index contributed by atoms with van der Waals surface area (Å²) in [6, 6.07) is 9.34. The van der Waals surface area contributed by atoms with E-state index in [1.165, 1.54) is 50.4 Å². The van der Waals surface area contributed by atoms with E-state index in [0.29, 0.717) is 5.56 Å². The van der Waals surface area contributed by atoms with Crippen LogP contribution in [-0.2, 0) is 14.8 Å². The molecule has 0 bridgehead atoms. The van der Waals surface area contributed by atoms with E-state index in [0.717, 1.165) is 6.07 Å². The Morgan fingerprint density at radius 1 is 1.21 bits per heavy atom. The lowest BCUT2D eigenvalue weighted by atomic mass is 10.2. The van der Waals surface area contributed by atoms with Gasteiger partial charge in [0, 0.05) is 17.3 Å². The van der Waals surface area contributed by atoms with Gasteiger partial charge in [-0.3, -0.25) is 14.8 Å². The number of hydrogen-bond donors (Lipinski definition) is 1. The molecule has 24 heavy (non-hydrogen) atoms. The highest BCUT2D eigenvalue weighted by Crippen LogP contribution is 2.24. The van der Waals surface area contributed by atoms with Crippen LogP contribution in [0.3, 0.4) is 0 Å². The second-order valence-corrected chi connectivity index (χ2v) is 6.57. The Morgan fingerprint density at radius 3 is 2.54 bits per heavy atom. The predicted octanol–water partition coefficient (Wildman–Crippen LogP) is 2.49. The fourth-order valence-electron chi connectivity index (χ4n) is 1.99. The Bertz CT molecular complexity index is 908. The number of carbonyl (C=O) groups is 1. The quantitative estimate of drug-likeness (QED) is 0.503. The zero-order valence-corrected chi connectivity index (χ0v) is 13.7. The molecule has 8 nitrogen and oxygen atoms in total. The van der Waals surface area contributed by atoms with Gasteiger partial charge < -0.3 is 4.74 Å². The molecule has 0 saturated heterocycles. The minimum atomic E-state index is -4.04. The highest BCUT2D eigenvalue weighted by Gasteiger charge is 2.20. The summed E-state index contributed by atoms with van der Waals surface area (Å²) < 4.78 is 31.6. The van der Waals surface area contributed by atoms with Crippen molar-refractivity contribution in [2.75, 3.05) is 11.8 Å². The van der Waals surface area contributed by atoms with Gasteiger partial charge in [0.1, 0.15) is 0 Å². The highest BCUT2D eigenvalue weighted by atomic mass is 32.2. The van der Waals surface area contributed by atoms with Crippen molar-refractivity contribution in [1.29, 1.82) is 0 Å². The maximum Gasteiger partial charge on any atom is 0.337 e. The van der Waals surface area contributed by atoms with Crippen molar-refractivity contribution >= 4 is 27.4 Å². The van der Waals surface area contributed by atoms with Crippen LogP contribution in [-0.4, -0.2) is 26.4 Å². The van der Waals surface area contributed by atoms with Gasteiger partial charge in [0.05, 0.1) is 22.5 Å². The van der Waals surface area contributed by atoms with Crippen LogP contribution in [0.4, 0.5) is 11.4 Å². The van der Waals surface area contributed by atoms with Crippen molar-refractivity contribution in [2.24, 2.45) is 0 Å². The van der Waals surface area contributed by atoms with E-state index in [2.05, 4.69) is 9.46 Å². The van der Waals surface area contributed by atoms with Gasteiger partial charge in [-0.1, -0.05) is 12.1 Å². The SMILES string of the molecule is COC(=O)c1cccc(NS(=O)(=O)c2ccc(C)c([N+](=O)[O-])c2)c1. The van der Waals surface area contributed by atoms with E-state index in [1.54, 1.807) is 0 Å². The topological polar surface area (TPSA) is 116 Å². The van der Waals surface area contributed by atoms with Gasteiger partial charge in [-0.25, -0.2) is 13.2 Å². The number of sulfonamides is 1. The number of nitro benzene ring substituents is 1. The minimum absolute atomic E-state index is 0.140. The van der Waals surface area contributed by atoms with Gasteiger partial charge in [0.2, 0.25) is 0 Å². The van der Waals surface area contributed by atoms with Gasteiger partial charge in [-0.05, 0) is 31.2 Å². The Balaban J connectivity index is 2.37. The summed E-state index contributed by atoms with van der Waals surface area (Å²) in [5.74, 6) is -0.609. The Kier molecular flexibility index (Phi) is 4.84. The number of nitrogens with zero attached hydrogens (tertiary/aromatic N) is 1. The lowest BCUT2D eigenvalue weighted by Crippen LogP contribution is -2.14. The Morgan fingerprint density at radius 2 is 1.92 bits per heavy atom. The van der Waals surface area contributed by atoms with Crippen LogP contribution in [0.15, 0.2) is 47.4 Å². The monoisotopic (exact) mass is 350 g/mol. The lowest BCUT2D eigenvalue weighted by Gasteiger charge is -2.09. The number of rotatable bonds is 5. The fraction of sp³-hybridized carbons (Fsp3) is 0.133. The molecule has 0 amide bonds. The molecule has 0 spiro atoms. The molecule has 0 aliphatic rings. The molecule has 0 unspecified atom stereocenters. The standard InChI is InChI=1S/C15H14N2O6S/c1-10-6-7-13(9-14(10)17(19)20)24(21,22)16-12-5-3-4-11(8-12)15(18)23-2/h3-9,16H,1-2H3. The average molecular weight is 350 g/mol. The zero-order valence-electron chi connectivity index (χ0n) is 12.8. The molecule has 0 atom stereocenters. The predicted molar refractivity (Wildman–Crippen MR) is 86.4 cm³/mol. The summed E-state index contributed by atoms with van der Waals surface area (Å²) in [7, 11) is -2.83. The average Bonchev–Trinajstić information content (AvgIpc) is 2.53. The first kappa shape index (κ1) is 17.4. The number of benzene rings is 2. The molecule has 2 aromatic rings. The van der Waals surface area contributed by atoms with Crippen LogP contribution in [0.2, 0.25) is 0 Å². The largest absolute Gasteiger partial charge is 0.465 e. The van der Waals surface area contributed by atoms with Crippen LogP contribution in [0.5, 0.6) is 0 Å². The number of hydrogen-bond acceptors (Lipinski definition) is 6. The maximum absolute atomic E-state index is 12.4. The van der Waals surface area contributed by atoms with Crippen molar-refractivity contribution in [3.05, 3.63) is 63.7 Å². The molecule has 126 valence electrons. The fourth-order valence-corrected chi connectivity index (χ4v) is 3.06. The molecule has 0 aromatic heterocycles. The van der Waals surface area contributed by atoms with Crippen LogP contribution in [0.1, 0.15) is 15.9 Å². The maximum atomic E-state index is 12.4. The van der Waals surface area contributed by atoms with E-state index in [-0.39, 0.29) is 21.8 Å². The third-order valence-corrected chi connectivity index (χ3v) is 4.60. The van der Waals surface area contributed by atoms with E-state index in [1.807, 2.05) is 0 Å². The van der Waals surface area contributed by atoms with Crippen molar-refractivity contribution in [1.82, 2.24) is 0 Å². The first-order valence-corrected chi connectivity index (χ1v) is 8.19. The summed E-state index contributed by atoms with van der Waals surface area (Å²) in [5, 5.41) is 11.0. The molecule has 2 aromatic carbocycles. The molecule has 0 radical (unpaired) electrons. The number of nitrogens with one attached hydrogen (secondary N) is 1. The van der Waals surface area contributed by atoms with Crippen LogP contribution >= 0.6 is 0 Å². The number of aryl methyl sites for hydroxylation is 1. The zero-order chi connectivity index (χ0) is 17.9. The summed E-state index contributed by atoms with van der Waals surface area (Å²) in [6.45, 7) is 1.52. The van der Waals surface area contributed by atoms with Crippen molar-refractivity contribution in [3.63, 3.8) is 0 Å². The first-order valence-electron chi connectivity index (χ1n) is 6.71. The second-order valence-electron chi connectivity index (χ2n) is 4.88. The highest BCUT2D eigenvalue weighted by molar-refractivity contribution is 7.92. The Labute approximate surface area is 138 Å². The third-order valence-electron chi connectivity index (χ3n) is 3.22. The van der Waals surface area contributed by atoms with E-state index < -0.39 is 20.9 Å². The smallest absolute Gasteiger partial charge is 0.337 e. The number of ether oxygens (including phenoxy) is 1. The van der Waals surface area contributed by atoms with Gasteiger partial charge in [-0.2, -0.15) is 0 Å². The number of carbonyl (C=O) groups excluding carboxylic acids is 1. The van der Waals surface area contributed by atoms with E-state index >= 15 is 0 Å². The normalized spacial score (nSPS) is 10.9. The number of esters is 1.